The molecule has 1 atom stereocenters. The molecule has 1 aliphatic heterocycles. The van der Waals surface area contributed by atoms with Crippen LogP contribution in [-0.4, -0.2) is 35.7 Å². The van der Waals surface area contributed by atoms with Crippen molar-refractivity contribution in [2.45, 2.75) is 25.6 Å². The Labute approximate surface area is 101 Å². The zero-order chi connectivity index (χ0) is 11.6. The SMILES string of the molecule is CC1(C)CN(c2ccccn2)CC(CCl)O1. The number of aromatic nitrogens is 1. The molecule has 1 aromatic heterocycles. The summed E-state index contributed by atoms with van der Waals surface area (Å²) in [6.07, 6.45) is 1.89. The fraction of sp³-hybridized carbons (Fsp3) is 0.583. The standard InChI is InChI=1S/C12H17ClN2O/c1-12(2)9-15(8-10(7-13)16-12)11-5-3-4-6-14-11/h3-6,10H,7-9H2,1-2H3. The van der Waals surface area contributed by atoms with Crippen molar-refractivity contribution in [3.8, 4) is 0 Å². The number of hydrogen-bond acceptors (Lipinski definition) is 3. The van der Waals surface area contributed by atoms with Gasteiger partial charge in [0.2, 0.25) is 0 Å². The number of hydrogen-bond donors (Lipinski definition) is 0. The molecule has 0 saturated carbocycles. The van der Waals surface area contributed by atoms with E-state index in [9.17, 15) is 0 Å². The van der Waals surface area contributed by atoms with Crippen molar-refractivity contribution < 1.29 is 4.74 Å². The second-order valence-corrected chi connectivity index (χ2v) is 5.03. The molecule has 0 radical (unpaired) electrons. The molecule has 1 fully saturated rings. The lowest BCUT2D eigenvalue weighted by molar-refractivity contribution is -0.0736. The Morgan fingerprint density at radius 3 is 3.00 bits per heavy atom. The van der Waals surface area contributed by atoms with Gasteiger partial charge in [0.15, 0.2) is 0 Å². The first-order valence-corrected chi connectivity index (χ1v) is 6.04. The van der Waals surface area contributed by atoms with Gasteiger partial charge in [-0.15, -0.1) is 11.6 Å². The van der Waals surface area contributed by atoms with Crippen molar-refractivity contribution in [1.29, 1.82) is 0 Å². The van der Waals surface area contributed by atoms with E-state index in [0.717, 1.165) is 18.9 Å². The third-order valence-corrected chi connectivity index (χ3v) is 2.97. The molecule has 0 amide bonds. The number of morpholine rings is 1. The van der Waals surface area contributed by atoms with Crippen molar-refractivity contribution in [2.24, 2.45) is 0 Å². The van der Waals surface area contributed by atoms with E-state index >= 15 is 0 Å². The van der Waals surface area contributed by atoms with Gasteiger partial charge in [0.25, 0.3) is 0 Å². The van der Waals surface area contributed by atoms with Crippen LogP contribution in [0, 0.1) is 0 Å². The van der Waals surface area contributed by atoms with Crippen molar-refractivity contribution in [2.75, 3.05) is 23.9 Å². The zero-order valence-electron chi connectivity index (χ0n) is 9.69. The second-order valence-electron chi connectivity index (χ2n) is 4.72. The minimum atomic E-state index is -0.171. The maximum Gasteiger partial charge on any atom is 0.128 e. The van der Waals surface area contributed by atoms with Crippen molar-refractivity contribution in [3.63, 3.8) is 0 Å². The molecule has 88 valence electrons. The Balaban J connectivity index is 2.16. The normalized spacial score (nSPS) is 24.4. The van der Waals surface area contributed by atoms with Gasteiger partial charge in [-0.25, -0.2) is 4.98 Å². The third-order valence-electron chi connectivity index (χ3n) is 2.63. The van der Waals surface area contributed by atoms with E-state index < -0.39 is 0 Å². The average Bonchev–Trinajstić information content (AvgIpc) is 2.28. The van der Waals surface area contributed by atoms with Crippen LogP contribution in [0.5, 0.6) is 0 Å². The lowest BCUT2D eigenvalue weighted by Gasteiger charge is -2.42. The summed E-state index contributed by atoms with van der Waals surface area (Å²) >= 11 is 5.89. The number of rotatable bonds is 2. The molecule has 1 saturated heterocycles. The number of alkyl halides is 1. The molecule has 1 unspecified atom stereocenters. The largest absolute Gasteiger partial charge is 0.367 e. The first-order valence-electron chi connectivity index (χ1n) is 5.50. The van der Waals surface area contributed by atoms with Gasteiger partial charge >= 0.3 is 0 Å². The van der Waals surface area contributed by atoms with Crippen LogP contribution in [-0.2, 0) is 4.74 Å². The minimum absolute atomic E-state index is 0.0763. The van der Waals surface area contributed by atoms with Crippen LogP contribution in [0.3, 0.4) is 0 Å². The fourth-order valence-electron chi connectivity index (χ4n) is 2.09. The van der Waals surface area contributed by atoms with Crippen LogP contribution in [0.4, 0.5) is 5.82 Å². The Kier molecular flexibility index (Phi) is 3.36. The molecule has 16 heavy (non-hydrogen) atoms. The number of pyridine rings is 1. The van der Waals surface area contributed by atoms with Gasteiger partial charge in [-0.3, -0.25) is 0 Å². The molecule has 0 N–H and O–H groups in total. The van der Waals surface area contributed by atoms with Crippen molar-refractivity contribution >= 4 is 17.4 Å². The quantitative estimate of drug-likeness (QED) is 0.742. The van der Waals surface area contributed by atoms with Crippen LogP contribution in [0.2, 0.25) is 0 Å². The molecule has 3 nitrogen and oxygen atoms in total. The van der Waals surface area contributed by atoms with E-state index in [1.54, 1.807) is 0 Å². The predicted octanol–water partition coefficient (Wildman–Crippen LogP) is 2.30. The van der Waals surface area contributed by atoms with E-state index in [0.29, 0.717) is 5.88 Å². The summed E-state index contributed by atoms with van der Waals surface area (Å²) in [4.78, 5) is 6.60. The molecule has 1 aromatic rings. The number of ether oxygens (including phenoxy) is 1. The number of nitrogens with zero attached hydrogens (tertiary/aromatic N) is 2. The van der Waals surface area contributed by atoms with Crippen molar-refractivity contribution in [3.05, 3.63) is 24.4 Å². The third kappa shape index (κ3) is 2.66. The summed E-state index contributed by atoms with van der Waals surface area (Å²) < 4.78 is 5.87. The van der Waals surface area contributed by atoms with E-state index in [2.05, 4.69) is 23.7 Å². The van der Waals surface area contributed by atoms with Crippen LogP contribution >= 0.6 is 11.6 Å². The molecule has 0 aromatic carbocycles. The van der Waals surface area contributed by atoms with Gasteiger partial charge in [0, 0.05) is 19.3 Å². The summed E-state index contributed by atoms with van der Waals surface area (Å²) in [6, 6.07) is 5.95. The number of anilines is 1. The van der Waals surface area contributed by atoms with E-state index in [-0.39, 0.29) is 11.7 Å². The first kappa shape index (κ1) is 11.7. The Hall–Kier alpha value is -0.800. The fourth-order valence-corrected chi connectivity index (χ4v) is 2.25. The van der Waals surface area contributed by atoms with Crippen LogP contribution < -0.4 is 4.90 Å². The highest BCUT2D eigenvalue weighted by atomic mass is 35.5. The second kappa shape index (κ2) is 4.60. The molecule has 4 heteroatoms. The molecule has 1 aliphatic rings. The summed E-state index contributed by atoms with van der Waals surface area (Å²) in [5.41, 5.74) is -0.171. The lowest BCUT2D eigenvalue weighted by atomic mass is 10.1. The van der Waals surface area contributed by atoms with E-state index in [1.807, 2.05) is 24.4 Å². The maximum atomic E-state index is 5.89. The van der Waals surface area contributed by atoms with E-state index in [4.69, 9.17) is 16.3 Å². The molecule has 2 heterocycles. The van der Waals surface area contributed by atoms with Crippen molar-refractivity contribution in [1.82, 2.24) is 4.98 Å². The van der Waals surface area contributed by atoms with Gasteiger partial charge in [0.1, 0.15) is 5.82 Å². The highest BCUT2D eigenvalue weighted by Gasteiger charge is 2.33. The monoisotopic (exact) mass is 240 g/mol. The Morgan fingerprint density at radius 1 is 1.56 bits per heavy atom. The molecular weight excluding hydrogens is 224 g/mol. The Bertz CT molecular complexity index is 342. The van der Waals surface area contributed by atoms with Crippen LogP contribution in [0.25, 0.3) is 0 Å². The van der Waals surface area contributed by atoms with Gasteiger partial charge < -0.3 is 9.64 Å². The summed E-state index contributed by atoms with van der Waals surface area (Å²) in [6.45, 7) is 5.82. The highest BCUT2D eigenvalue weighted by molar-refractivity contribution is 6.18. The first-order chi connectivity index (χ1) is 7.61. The van der Waals surface area contributed by atoms with Gasteiger partial charge in [0.05, 0.1) is 17.6 Å². The number of halogens is 1. The highest BCUT2D eigenvalue weighted by Crippen LogP contribution is 2.24. The summed E-state index contributed by atoms with van der Waals surface area (Å²) in [5, 5.41) is 0. The van der Waals surface area contributed by atoms with Gasteiger partial charge in [-0.05, 0) is 26.0 Å². The minimum Gasteiger partial charge on any atom is -0.367 e. The summed E-state index contributed by atoms with van der Waals surface area (Å²) in [7, 11) is 0. The van der Waals surface area contributed by atoms with Crippen LogP contribution in [0.1, 0.15) is 13.8 Å². The average molecular weight is 241 g/mol. The molecule has 2 rings (SSSR count). The van der Waals surface area contributed by atoms with Crippen LogP contribution in [0.15, 0.2) is 24.4 Å². The van der Waals surface area contributed by atoms with E-state index in [1.165, 1.54) is 0 Å². The molecule has 0 spiro atoms. The molecule has 0 aliphatic carbocycles. The zero-order valence-corrected chi connectivity index (χ0v) is 10.4. The lowest BCUT2D eigenvalue weighted by Crippen LogP contribution is -2.53. The molecular formula is C12H17ClN2O. The smallest absolute Gasteiger partial charge is 0.128 e. The summed E-state index contributed by atoms with van der Waals surface area (Å²) in [5.74, 6) is 1.52. The topological polar surface area (TPSA) is 25.4 Å². The van der Waals surface area contributed by atoms with Gasteiger partial charge in [-0.1, -0.05) is 6.07 Å². The van der Waals surface area contributed by atoms with Gasteiger partial charge in [-0.2, -0.15) is 0 Å². The molecule has 0 bridgehead atoms. The predicted molar refractivity (Wildman–Crippen MR) is 66.1 cm³/mol. The Morgan fingerprint density at radius 2 is 2.38 bits per heavy atom. The maximum absolute atomic E-state index is 5.89.